The number of benzene rings is 3. The van der Waals surface area contributed by atoms with Crippen LogP contribution in [0.2, 0.25) is 0 Å². The summed E-state index contributed by atoms with van der Waals surface area (Å²) in [5.74, 6) is 0.293. The number of anilines is 1. The lowest BCUT2D eigenvalue weighted by Crippen LogP contribution is -2.11. The standard InChI is InChI=1S/C39H46N2O3/c1-27(2)23-29(5)11-8-15-36(31-20-18-30(19-21-31)24-28(3)4)40-33-13-9-12-32(25-33)39(44)35-26-41(22-10-17-38(42)43)37-16-7-6-14-34(35)37/h6-9,11-14,16,18-21,25-28,36,40H,5,10,15,17,22-24H2,1-4H3,(H,42,43)/b11-8+. The number of hydrogen-bond acceptors (Lipinski definition) is 3. The van der Waals surface area contributed by atoms with E-state index in [-0.39, 0.29) is 18.2 Å². The molecule has 4 aromatic rings. The predicted octanol–water partition coefficient (Wildman–Crippen LogP) is 9.64. The summed E-state index contributed by atoms with van der Waals surface area (Å²) in [5, 5.41) is 13.7. The lowest BCUT2D eigenvalue weighted by Gasteiger charge is -2.20. The smallest absolute Gasteiger partial charge is 0.303 e. The number of allylic oxidation sites excluding steroid dienone is 2. The third kappa shape index (κ3) is 9.06. The second kappa shape index (κ2) is 15.4. The highest BCUT2D eigenvalue weighted by atomic mass is 16.4. The van der Waals surface area contributed by atoms with Crippen molar-refractivity contribution in [2.75, 3.05) is 5.32 Å². The monoisotopic (exact) mass is 590 g/mol. The van der Waals surface area contributed by atoms with Gasteiger partial charge in [0.15, 0.2) is 5.78 Å². The number of carbonyl (C=O) groups is 2. The Morgan fingerprint density at radius 2 is 1.70 bits per heavy atom. The maximum atomic E-state index is 13.9. The number of aromatic nitrogens is 1. The lowest BCUT2D eigenvalue weighted by molar-refractivity contribution is -0.137. The Kier molecular flexibility index (Phi) is 11.4. The number of nitrogens with zero attached hydrogens (tertiary/aromatic N) is 1. The number of rotatable bonds is 16. The summed E-state index contributed by atoms with van der Waals surface area (Å²) in [6.45, 7) is 13.6. The summed E-state index contributed by atoms with van der Waals surface area (Å²) in [6, 6.07) is 24.4. The maximum absolute atomic E-state index is 13.9. The van der Waals surface area contributed by atoms with Gasteiger partial charge >= 0.3 is 5.97 Å². The molecule has 0 aliphatic rings. The van der Waals surface area contributed by atoms with Crippen molar-refractivity contribution in [1.82, 2.24) is 4.57 Å². The van der Waals surface area contributed by atoms with E-state index in [1.807, 2.05) is 59.3 Å². The Bertz CT molecular complexity index is 1610. The average Bonchev–Trinajstić information content (AvgIpc) is 3.34. The topological polar surface area (TPSA) is 71.3 Å². The SMILES string of the molecule is C=C(/C=C/CC(Nc1cccc(C(=O)c2cn(CCCC(=O)O)c3ccccc23)c1)c1ccc(CC(C)C)cc1)CC(C)C. The molecule has 1 heterocycles. The Hall–Kier alpha value is -4.38. The minimum absolute atomic E-state index is 0.0210. The Labute approximate surface area is 262 Å². The summed E-state index contributed by atoms with van der Waals surface area (Å²) >= 11 is 0. The van der Waals surface area contributed by atoms with Gasteiger partial charge in [0.1, 0.15) is 0 Å². The number of fused-ring (bicyclic) bond motifs is 1. The third-order valence-electron chi connectivity index (χ3n) is 7.71. The fourth-order valence-corrected chi connectivity index (χ4v) is 5.72. The van der Waals surface area contributed by atoms with Gasteiger partial charge in [-0.3, -0.25) is 9.59 Å². The van der Waals surface area contributed by atoms with Crippen LogP contribution in [-0.2, 0) is 17.8 Å². The van der Waals surface area contributed by atoms with Gasteiger partial charge in [-0.2, -0.15) is 0 Å². The van der Waals surface area contributed by atoms with Crippen LogP contribution in [0.25, 0.3) is 10.9 Å². The number of ketones is 1. The van der Waals surface area contributed by atoms with E-state index in [0.717, 1.165) is 41.4 Å². The van der Waals surface area contributed by atoms with Gasteiger partial charge in [0, 0.05) is 46.9 Å². The van der Waals surface area contributed by atoms with Crippen LogP contribution in [0.15, 0.2) is 103 Å². The molecule has 5 heteroatoms. The van der Waals surface area contributed by atoms with Crippen molar-refractivity contribution in [3.63, 3.8) is 0 Å². The number of hydrogen-bond donors (Lipinski definition) is 2. The molecule has 0 spiro atoms. The molecule has 3 aromatic carbocycles. The largest absolute Gasteiger partial charge is 0.481 e. The Morgan fingerprint density at radius 1 is 0.955 bits per heavy atom. The van der Waals surface area contributed by atoms with Crippen LogP contribution < -0.4 is 5.32 Å². The van der Waals surface area contributed by atoms with E-state index in [0.29, 0.717) is 35.9 Å². The fourth-order valence-electron chi connectivity index (χ4n) is 5.72. The normalized spacial score (nSPS) is 12.3. The predicted molar refractivity (Wildman–Crippen MR) is 182 cm³/mol. The molecule has 1 atom stereocenters. The van der Waals surface area contributed by atoms with Crippen LogP contribution in [-0.4, -0.2) is 21.4 Å². The number of carboxylic acids is 1. The zero-order chi connectivity index (χ0) is 31.6. The van der Waals surface area contributed by atoms with Crippen LogP contribution in [0, 0.1) is 11.8 Å². The molecule has 0 saturated heterocycles. The first kappa shape index (κ1) is 32.5. The molecule has 0 saturated carbocycles. The molecular formula is C39H46N2O3. The van der Waals surface area contributed by atoms with Crippen LogP contribution in [0.1, 0.15) is 86.5 Å². The van der Waals surface area contributed by atoms with E-state index < -0.39 is 5.97 Å². The van der Waals surface area contributed by atoms with Gasteiger partial charge in [0.05, 0.1) is 6.04 Å². The quantitative estimate of drug-likeness (QED) is 0.101. The van der Waals surface area contributed by atoms with Crippen molar-refractivity contribution < 1.29 is 14.7 Å². The zero-order valence-electron chi connectivity index (χ0n) is 26.6. The highest BCUT2D eigenvalue weighted by Crippen LogP contribution is 2.28. The van der Waals surface area contributed by atoms with Gasteiger partial charge in [0.25, 0.3) is 0 Å². The molecule has 44 heavy (non-hydrogen) atoms. The molecule has 0 bridgehead atoms. The third-order valence-corrected chi connectivity index (χ3v) is 7.71. The van der Waals surface area contributed by atoms with E-state index in [1.54, 1.807) is 0 Å². The lowest BCUT2D eigenvalue weighted by atomic mass is 9.97. The van der Waals surface area contributed by atoms with Gasteiger partial charge in [-0.05, 0) is 66.8 Å². The van der Waals surface area contributed by atoms with E-state index in [1.165, 1.54) is 11.1 Å². The molecule has 0 radical (unpaired) electrons. The molecule has 1 unspecified atom stereocenters. The van der Waals surface area contributed by atoms with Gasteiger partial charge in [0.2, 0.25) is 0 Å². The molecule has 0 aliphatic carbocycles. The second-order valence-electron chi connectivity index (χ2n) is 12.6. The van der Waals surface area contributed by atoms with E-state index in [2.05, 4.69) is 76.0 Å². The molecule has 0 amide bonds. The first-order chi connectivity index (χ1) is 21.1. The Morgan fingerprint density at radius 3 is 2.41 bits per heavy atom. The van der Waals surface area contributed by atoms with Crippen molar-refractivity contribution >= 4 is 28.3 Å². The van der Waals surface area contributed by atoms with Crippen molar-refractivity contribution in [3.05, 3.63) is 126 Å². The molecule has 1 aromatic heterocycles. The molecular weight excluding hydrogens is 544 g/mol. The van der Waals surface area contributed by atoms with Crippen LogP contribution in [0.5, 0.6) is 0 Å². The van der Waals surface area contributed by atoms with Crippen LogP contribution in [0.4, 0.5) is 5.69 Å². The number of para-hydroxylation sites is 1. The van der Waals surface area contributed by atoms with Gasteiger partial charge < -0.3 is 15.0 Å². The molecule has 2 N–H and O–H groups in total. The van der Waals surface area contributed by atoms with E-state index in [9.17, 15) is 9.59 Å². The van der Waals surface area contributed by atoms with Crippen LogP contribution in [0.3, 0.4) is 0 Å². The van der Waals surface area contributed by atoms with E-state index >= 15 is 0 Å². The minimum atomic E-state index is -0.817. The van der Waals surface area contributed by atoms with Gasteiger partial charge in [-0.25, -0.2) is 0 Å². The molecule has 4 rings (SSSR count). The summed E-state index contributed by atoms with van der Waals surface area (Å²) in [6.07, 6.45) is 9.58. The first-order valence-electron chi connectivity index (χ1n) is 15.7. The number of carboxylic acid groups (broad SMARTS) is 1. The second-order valence-corrected chi connectivity index (χ2v) is 12.6. The Balaban J connectivity index is 1.58. The zero-order valence-corrected chi connectivity index (χ0v) is 26.6. The van der Waals surface area contributed by atoms with Gasteiger partial charge in [-0.1, -0.05) is 107 Å². The van der Waals surface area contributed by atoms with Crippen molar-refractivity contribution in [2.45, 2.75) is 72.4 Å². The molecule has 0 fully saturated rings. The summed E-state index contributed by atoms with van der Waals surface area (Å²) in [5.41, 5.74) is 6.69. The number of carbonyl (C=O) groups excluding carboxylic acids is 1. The minimum Gasteiger partial charge on any atom is -0.481 e. The molecule has 5 nitrogen and oxygen atoms in total. The highest BCUT2D eigenvalue weighted by molar-refractivity contribution is 6.16. The summed E-state index contributed by atoms with van der Waals surface area (Å²) < 4.78 is 1.99. The fraction of sp³-hybridized carbons (Fsp3) is 0.333. The van der Waals surface area contributed by atoms with Crippen molar-refractivity contribution in [3.8, 4) is 0 Å². The maximum Gasteiger partial charge on any atom is 0.303 e. The van der Waals surface area contributed by atoms with E-state index in [4.69, 9.17) is 5.11 Å². The van der Waals surface area contributed by atoms with Gasteiger partial charge in [-0.15, -0.1) is 0 Å². The average molecular weight is 591 g/mol. The number of aryl methyl sites for hydroxylation is 1. The first-order valence-corrected chi connectivity index (χ1v) is 15.7. The summed E-state index contributed by atoms with van der Waals surface area (Å²) in [7, 11) is 0. The number of aliphatic carboxylic acids is 1. The van der Waals surface area contributed by atoms with Crippen molar-refractivity contribution in [1.29, 1.82) is 0 Å². The summed E-state index contributed by atoms with van der Waals surface area (Å²) in [4.78, 5) is 24.9. The number of nitrogens with one attached hydrogen (secondary N) is 1. The molecule has 0 aliphatic heterocycles. The van der Waals surface area contributed by atoms with Crippen LogP contribution >= 0.6 is 0 Å². The molecule has 230 valence electrons. The van der Waals surface area contributed by atoms with Crippen molar-refractivity contribution in [2.24, 2.45) is 11.8 Å². The highest BCUT2D eigenvalue weighted by Gasteiger charge is 2.18.